The van der Waals surface area contributed by atoms with Gasteiger partial charge in [0, 0.05) is 6.54 Å². The summed E-state index contributed by atoms with van der Waals surface area (Å²) in [7, 11) is 0. The highest BCUT2D eigenvalue weighted by Gasteiger charge is 2.49. The molecule has 1 atom stereocenters. The third-order valence-corrected chi connectivity index (χ3v) is 5.19. The van der Waals surface area contributed by atoms with Gasteiger partial charge in [-0.05, 0) is 42.2 Å². The van der Waals surface area contributed by atoms with Gasteiger partial charge in [0.15, 0.2) is 0 Å². The number of amides is 4. The number of carbonyl (C=O) groups excluding carboxylic acids is 3. The van der Waals surface area contributed by atoms with Crippen LogP contribution in [-0.2, 0) is 20.5 Å². The molecule has 1 saturated heterocycles. The number of nitrogens with zero attached hydrogens (tertiary/aromatic N) is 1. The van der Waals surface area contributed by atoms with E-state index in [2.05, 4.69) is 31.4 Å². The van der Waals surface area contributed by atoms with Crippen LogP contribution in [0, 0.1) is 5.92 Å². The minimum atomic E-state index is -1.15. The zero-order valence-corrected chi connectivity index (χ0v) is 15.9. The van der Waals surface area contributed by atoms with Crippen LogP contribution in [0.2, 0.25) is 0 Å². The van der Waals surface area contributed by atoms with Crippen LogP contribution in [0.3, 0.4) is 0 Å². The van der Waals surface area contributed by atoms with Crippen LogP contribution in [0.25, 0.3) is 0 Å². The van der Waals surface area contributed by atoms with Crippen LogP contribution in [-0.4, -0.2) is 35.8 Å². The standard InChI is InChI=1S/C20H27N3O3/c1-19(2,3)14-7-9-15(10-8-14)20(4)17(25)23(18(26)22-20)12-16(24)21-11-13-5-6-13/h7-10,13H,5-6,11-12H2,1-4H3,(H,21,24)(H,22,26). The van der Waals surface area contributed by atoms with E-state index in [1.807, 2.05) is 24.3 Å². The maximum Gasteiger partial charge on any atom is 0.325 e. The van der Waals surface area contributed by atoms with Crippen molar-refractivity contribution in [3.05, 3.63) is 35.4 Å². The van der Waals surface area contributed by atoms with Crippen LogP contribution in [0.15, 0.2) is 24.3 Å². The van der Waals surface area contributed by atoms with Crippen molar-refractivity contribution in [3.63, 3.8) is 0 Å². The fourth-order valence-corrected chi connectivity index (χ4v) is 3.12. The topological polar surface area (TPSA) is 78.5 Å². The van der Waals surface area contributed by atoms with Gasteiger partial charge in [0.2, 0.25) is 5.91 Å². The van der Waals surface area contributed by atoms with E-state index in [0.29, 0.717) is 18.0 Å². The van der Waals surface area contributed by atoms with Crippen molar-refractivity contribution in [1.29, 1.82) is 0 Å². The average molecular weight is 357 g/mol. The number of hydrogen-bond acceptors (Lipinski definition) is 3. The molecular weight excluding hydrogens is 330 g/mol. The van der Waals surface area contributed by atoms with Crippen molar-refractivity contribution in [2.45, 2.75) is 51.5 Å². The molecule has 0 radical (unpaired) electrons. The summed E-state index contributed by atoms with van der Waals surface area (Å²) in [5, 5.41) is 5.54. The van der Waals surface area contributed by atoms with E-state index in [9.17, 15) is 14.4 Å². The minimum Gasteiger partial charge on any atom is -0.354 e. The lowest BCUT2D eigenvalue weighted by Crippen LogP contribution is -2.43. The van der Waals surface area contributed by atoms with Crippen molar-refractivity contribution in [2.75, 3.05) is 13.1 Å². The van der Waals surface area contributed by atoms with Gasteiger partial charge in [-0.25, -0.2) is 4.79 Å². The second-order valence-electron chi connectivity index (χ2n) is 8.52. The zero-order chi connectivity index (χ0) is 19.1. The third kappa shape index (κ3) is 3.59. The summed E-state index contributed by atoms with van der Waals surface area (Å²) < 4.78 is 0. The molecule has 0 spiro atoms. The van der Waals surface area contributed by atoms with Crippen LogP contribution in [0.4, 0.5) is 4.79 Å². The zero-order valence-electron chi connectivity index (χ0n) is 15.9. The Kier molecular flexibility index (Phi) is 4.54. The molecule has 26 heavy (non-hydrogen) atoms. The summed E-state index contributed by atoms with van der Waals surface area (Å²) in [6.45, 7) is 8.42. The van der Waals surface area contributed by atoms with Crippen LogP contribution in [0.5, 0.6) is 0 Å². The average Bonchev–Trinajstić information content (AvgIpc) is 3.37. The number of rotatable bonds is 5. The smallest absolute Gasteiger partial charge is 0.325 e. The number of imide groups is 1. The second-order valence-corrected chi connectivity index (χ2v) is 8.52. The molecule has 1 aromatic rings. The SMILES string of the molecule is CC(C)(C)c1ccc(C2(C)NC(=O)N(CC(=O)NCC3CC3)C2=O)cc1. The minimum absolute atomic E-state index is 0.00799. The van der Waals surface area contributed by atoms with Gasteiger partial charge >= 0.3 is 6.03 Å². The maximum absolute atomic E-state index is 12.9. The van der Waals surface area contributed by atoms with Crippen LogP contribution >= 0.6 is 0 Å². The lowest BCUT2D eigenvalue weighted by Gasteiger charge is -2.24. The highest BCUT2D eigenvalue weighted by Crippen LogP contribution is 2.31. The Labute approximate surface area is 154 Å². The summed E-state index contributed by atoms with van der Waals surface area (Å²) in [5.74, 6) is -0.144. The largest absolute Gasteiger partial charge is 0.354 e. The fraction of sp³-hybridized carbons (Fsp3) is 0.550. The van der Waals surface area contributed by atoms with E-state index < -0.39 is 17.5 Å². The molecule has 1 aromatic carbocycles. The Hall–Kier alpha value is -2.37. The molecule has 0 bridgehead atoms. The predicted molar refractivity (Wildman–Crippen MR) is 98.5 cm³/mol. The van der Waals surface area contributed by atoms with Crippen LogP contribution in [0.1, 0.15) is 51.7 Å². The molecule has 2 N–H and O–H groups in total. The van der Waals surface area contributed by atoms with Gasteiger partial charge in [-0.1, -0.05) is 45.0 Å². The van der Waals surface area contributed by atoms with Crippen molar-refractivity contribution >= 4 is 17.8 Å². The molecule has 4 amide bonds. The van der Waals surface area contributed by atoms with E-state index in [4.69, 9.17) is 0 Å². The van der Waals surface area contributed by atoms with Gasteiger partial charge in [-0.15, -0.1) is 0 Å². The molecule has 1 saturated carbocycles. The van der Waals surface area contributed by atoms with E-state index >= 15 is 0 Å². The molecule has 1 heterocycles. The first-order valence-corrected chi connectivity index (χ1v) is 9.13. The fourth-order valence-electron chi connectivity index (χ4n) is 3.12. The van der Waals surface area contributed by atoms with Gasteiger partial charge in [0.25, 0.3) is 5.91 Å². The first-order valence-electron chi connectivity index (χ1n) is 9.13. The number of urea groups is 1. The Morgan fingerprint density at radius 1 is 1.23 bits per heavy atom. The molecule has 0 aromatic heterocycles. The normalized spacial score (nSPS) is 23.2. The van der Waals surface area contributed by atoms with Gasteiger partial charge in [0.05, 0.1) is 0 Å². The Balaban J connectivity index is 1.72. The molecule has 6 heteroatoms. The number of carbonyl (C=O) groups is 3. The van der Waals surface area contributed by atoms with Crippen molar-refractivity contribution < 1.29 is 14.4 Å². The molecule has 3 rings (SSSR count). The van der Waals surface area contributed by atoms with Gasteiger partial charge in [0.1, 0.15) is 12.1 Å². The van der Waals surface area contributed by atoms with E-state index in [-0.39, 0.29) is 17.9 Å². The van der Waals surface area contributed by atoms with Gasteiger partial charge in [-0.3, -0.25) is 14.5 Å². The summed E-state index contributed by atoms with van der Waals surface area (Å²) in [4.78, 5) is 38.2. The van der Waals surface area contributed by atoms with E-state index in [1.54, 1.807) is 6.92 Å². The lowest BCUT2D eigenvalue weighted by atomic mass is 9.84. The first kappa shape index (κ1) is 18.4. The quantitative estimate of drug-likeness (QED) is 0.794. The first-order chi connectivity index (χ1) is 12.1. The highest BCUT2D eigenvalue weighted by atomic mass is 16.2. The van der Waals surface area contributed by atoms with Gasteiger partial charge in [-0.2, -0.15) is 0 Å². The highest BCUT2D eigenvalue weighted by molar-refractivity contribution is 6.09. The molecule has 2 fully saturated rings. The molecule has 140 valence electrons. The molecule has 1 unspecified atom stereocenters. The van der Waals surface area contributed by atoms with E-state index in [1.165, 1.54) is 0 Å². The maximum atomic E-state index is 12.9. The second kappa shape index (κ2) is 6.41. The van der Waals surface area contributed by atoms with Crippen LogP contribution < -0.4 is 10.6 Å². The van der Waals surface area contributed by atoms with Crippen molar-refractivity contribution in [3.8, 4) is 0 Å². The summed E-state index contributed by atoms with van der Waals surface area (Å²) >= 11 is 0. The summed E-state index contributed by atoms with van der Waals surface area (Å²) in [6, 6.07) is 7.17. The molecule has 1 aliphatic carbocycles. The van der Waals surface area contributed by atoms with Gasteiger partial charge < -0.3 is 10.6 Å². The molecule has 2 aliphatic rings. The predicted octanol–water partition coefficient (Wildman–Crippen LogP) is 2.28. The van der Waals surface area contributed by atoms with Crippen molar-refractivity contribution in [1.82, 2.24) is 15.5 Å². The Morgan fingerprint density at radius 3 is 2.38 bits per heavy atom. The molecular formula is C20H27N3O3. The van der Waals surface area contributed by atoms with E-state index in [0.717, 1.165) is 23.3 Å². The molecule has 6 nitrogen and oxygen atoms in total. The Morgan fingerprint density at radius 2 is 1.85 bits per heavy atom. The third-order valence-electron chi connectivity index (χ3n) is 5.19. The lowest BCUT2D eigenvalue weighted by molar-refractivity contribution is -0.134. The molecule has 1 aliphatic heterocycles. The number of hydrogen-bond donors (Lipinski definition) is 2. The Bertz CT molecular complexity index is 732. The summed E-state index contributed by atoms with van der Waals surface area (Å²) in [5.41, 5.74) is 0.723. The number of nitrogens with one attached hydrogen (secondary N) is 2. The number of benzene rings is 1. The summed E-state index contributed by atoms with van der Waals surface area (Å²) in [6.07, 6.45) is 2.26. The van der Waals surface area contributed by atoms with Crippen molar-refractivity contribution in [2.24, 2.45) is 5.92 Å². The monoisotopic (exact) mass is 357 g/mol.